The molecule has 0 bridgehead atoms. The van der Waals surface area contributed by atoms with Crippen LogP contribution in [0.25, 0.3) is 0 Å². The first-order valence-corrected chi connectivity index (χ1v) is 8.70. The van der Waals surface area contributed by atoms with Gasteiger partial charge in [-0.15, -0.1) is 0 Å². The molecule has 2 aromatic carbocycles. The molecule has 0 N–H and O–H groups in total. The van der Waals surface area contributed by atoms with Crippen LogP contribution in [-0.2, 0) is 0 Å². The standard InChI is InChI=1S/C20H18F2N4O/c21-15-5-7-16(8-6-15)27-19-9-10-23-20(24-19)26-13-11-25(12-14-26)18-4-2-1-3-17(18)22/h1-10H,11-14H2. The number of piperazine rings is 1. The molecular formula is C20H18F2N4O. The van der Waals surface area contributed by atoms with Crippen LogP contribution in [0.4, 0.5) is 20.4 Å². The number of hydrogen-bond donors (Lipinski definition) is 0. The lowest BCUT2D eigenvalue weighted by Gasteiger charge is -2.36. The van der Waals surface area contributed by atoms with Crippen LogP contribution in [0.2, 0.25) is 0 Å². The minimum Gasteiger partial charge on any atom is -0.439 e. The van der Waals surface area contributed by atoms with Crippen LogP contribution in [0.1, 0.15) is 0 Å². The number of rotatable bonds is 4. The van der Waals surface area contributed by atoms with Crippen LogP contribution in [0.5, 0.6) is 11.6 Å². The number of aromatic nitrogens is 2. The minimum absolute atomic E-state index is 0.211. The van der Waals surface area contributed by atoms with E-state index in [-0.39, 0.29) is 11.6 Å². The number of anilines is 2. The van der Waals surface area contributed by atoms with Crippen molar-refractivity contribution >= 4 is 11.6 Å². The van der Waals surface area contributed by atoms with Gasteiger partial charge in [-0.3, -0.25) is 0 Å². The molecule has 0 aliphatic carbocycles. The number of ether oxygens (including phenoxy) is 1. The first-order chi connectivity index (χ1) is 13.2. The SMILES string of the molecule is Fc1ccc(Oc2ccnc(N3CCN(c4ccccc4F)CC3)n2)cc1. The van der Waals surface area contributed by atoms with Crippen LogP contribution < -0.4 is 14.5 Å². The molecule has 1 saturated heterocycles. The molecule has 0 unspecified atom stereocenters. The lowest BCUT2D eigenvalue weighted by atomic mass is 10.2. The summed E-state index contributed by atoms with van der Waals surface area (Å²) in [4.78, 5) is 12.8. The molecular weight excluding hydrogens is 350 g/mol. The van der Waals surface area contributed by atoms with Gasteiger partial charge in [0, 0.05) is 38.4 Å². The van der Waals surface area contributed by atoms with Gasteiger partial charge in [0.05, 0.1) is 5.69 Å². The largest absolute Gasteiger partial charge is 0.439 e. The number of benzene rings is 2. The van der Waals surface area contributed by atoms with Gasteiger partial charge in [-0.2, -0.15) is 4.98 Å². The highest BCUT2D eigenvalue weighted by Gasteiger charge is 2.21. The fourth-order valence-corrected chi connectivity index (χ4v) is 3.02. The Labute approximate surface area is 155 Å². The van der Waals surface area contributed by atoms with Gasteiger partial charge in [0.15, 0.2) is 0 Å². The maximum atomic E-state index is 14.0. The summed E-state index contributed by atoms with van der Waals surface area (Å²) >= 11 is 0. The van der Waals surface area contributed by atoms with Crippen molar-refractivity contribution in [1.82, 2.24) is 9.97 Å². The van der Waals surface area contributed by atoms with Gasteiger partial charge >= 0.3 is 0 Å². The van der Waals surface area contributed by atoms with Gasteiger partial charge < -0.3 is 14.5 Å². The number of halogens is 2. The van der Waals surface area contributed by atoms with Crippen LogP contribution in [0, 0.1) is 11.6 Å². The summed E-state index contributed by atoms with van der Waals surface area (Å²) in [5, 5.41) is 0. The van der Waals surface area contributed by atoms with Gasteiger partial charge in [-0.05, 0) is 36.4 Å². The van der Waals surface area contributed by atoms with E-state index in [0.29, 0.717) is 49.4 Å². The Bertz CT molecular complexity index is 912. The van der Waals surface area contributed by atoms with E-state index in [9.17, 15) is 8.78 Å². The molecule has 0 atom stereocenters. The van der Waals surface area contributed by atoms with Crippen molar-refractivity contribution in [1.29, 1.82) is 0 Å². The van der Waals surface area contributed by atoms with Crippen LogP contribution in [0.3, 0.4) is 0 Å². The van der Waals surface area contributed by atoms with Crippen LogP contribution in [0.15, 0.2) is 60.8 Å². The van der Waals surface area contributed by atoms with Gasteiger partial charge in [-0.25, -0.2) is 13.8 Å². The van der Waals surface area contributed by atoms with Crippen molar-refractivity contribution in [3.63, 3.8) is 0 Å². The van der Waals surface area contributed by atoms with Gasteiger partial charge in [0.2, 0.25) is 11.8 Å². The van der Waals surface area contributed by atoms with Crippen LogP contribution in [-0.4, -0.2) is 36.1 Å². The van der Waals surface area contributed by atoms with Crippen molar-refractivity contribution in [2.75, 3.05) is 36.0 Å². The highest BCUT2D eigenvalue weighted by Crippen LogP contribution is 2.24. The van der Waals surface area contributed by atoms with E-state index < -0.39 is 0 Å². The number of nitrogens with zero attached hydrogens (tertiary/aromatic N) is 4. The summed E-state index contributed by atoms with van der Waals surface area (Å²) in [7, 11) is 0. The summed E-state index contributed by atoms with van der Waals surface area (Å²) in [5.74, 6) is 0.923. The van der Waals surface area contributed by atoms with Crippen LogP contribution >= 0.6 is 0 Å². The molecule has 1 aliphatic rings. The highest BCUT2D eigenvalue weighted by atomic mass is 19.1. The van der Waals surface area contributed by atoms with Crippen molar-refractivity contribution in [2.24, 2.45) is 0 Å². The van der Waals surface area contributed by atoms with Gasteiger partial charge in [0.25, 0.3) is 0 Å². The Morgan fingerprint density at radius 2 is 1.52 bits per heavy atom. The fourth-order valence-electron chi connectivity index (χ4n) is 3.02. The lowest BCUT2D eigenvalue weighted by molar-refractivity contribution is 0.458. The maximum Gasteiger partial charge on any atom is 0.228 e. The zero-order valence-corrected chi connectivity index (χ0v) is 14.6. The minimum atomic E-state index is -0.321. The molecule has 0 spiro atoms. The summed E-state index contributed by atoms with van der Waals surface area (Å²) in [5.41, 5.74) is 0.617. The predicted molar refractivity (Wildman–Crippen MR) is 99.3 cm³/mol. The molecule has 0 radical (unpaired) electrons. The predicted octanol–water partition coefficient (Wildman–Crippen LogP) is 3.87. The normalized spacial score (nSPS) is 14.3. The molecule has 0 amide bonds. The molecule has 0 saturated carbocycles. The number of hydrogen-bond acceptors (Lipinski definition) is 5. The zero-order chi connectivity index (χ0) is 18.6. The molecule has 3 aromatic rings. The average Bonchev–Trinajstić information content (AvgIpc) is 2.71. The molecule has 138 valence electrons. The van der Waals surface area contributed by atoms with E-state index >= 15 is 0 Å². The molecule has 7 heteroatoms. The average molecular weight is 368 g/mol. The second-order valence-corrected chi connectivity index (χ2v) is 6.18. The Hall–Kier alpha value is -3.22. The molecule has 4 rings (SSSR count). The van der Waals surface area contributed by atoms with Crippen molar-refractivity contribution < 1.29 is 13.5 Å². The molecule has 2 heterocycles. The number of para-hydroxylation sites is 1. The summed E-state index contributed by atoms with van der Waals surface area (Å²) in [6, 6.07) is 14.2. The Balaban J connectivity index is 1.42. The van der Waals surface area contributed by atoms with E-state index in [1.807, 2.05) is 15.9 Å². The third-order valence-electron chi connectivity index (χ3n) is 4.41. The summed E-state index contributed by atoms with van der Waals surface area (Å²) < 4.78 is 32.6. The summed E-state index contributed by atoms with van der Waals surface area (Å²) in [6.45, 7) is 2.70. The third-order valence-corrected chi connectivity index (χ3v) is 4.41. The fraction of sp³-hybridized carbons (Fsp3) is 0.200. The lowest BCUT2D eigenvalue weighted by Crippen LogP contribution is -2.47. The van der Waals surface area contributed by atoms with E-state index in [2.05, 4.69) is 9.97 Å². The van der Waals surface area contributed by atoms with Crippen molar-refractivity contribution in [3.05, 3.63) is 72.4 Å². The monoisotopic (exact) mass is 368 g/mol. The van der Waals surface area contributed by atoms with Crippen molar-refractivity contribution in [3.8, 4) is 11.6 Å². The topological polar surface area (TPSA) is 41.5 Å². The van der Waals surface area contributed by atoms with Gasteiger partial charge in [-0.1, -0.05) is 12.1 Å². The Kier molecular flexibility index (Phi) is 4.82. The zero-order valence-electron chi connectivity index (χ0n) is 14.6. The first kappa shape index (κ1) is 17.2. The molecule has 1 fully saturated rings. The summed E-state index contributed by atoms with van der Waals surface area (Å²) in [6.07, 6.45) is 1.63. The Morgan fingerprint density at radius 3 is 2.26 bits per heavy atom. The van der Waals surface area contributed by atoms with E-state index in [0.717, 1.165) is 0 Å². The quantitative estimate of drug-likeness (QED) is 0.699. The molecule has 1 aliphatic heterocycles. The highest BCUT2D eigenvalue weighted by molar-refractivity contribution is 5.49. The Morgan fingerprint density at radius 1 is 0.815 bits per heavy atom. The smallest absolute Gasteiger partial charge is 0.228 e. The maximum absolute atomic E-state index is 14.0. The first-order valence-electron chi connectivity index (χ1n) is 8.70. The molecule has 1 aromatic heterocycles. The van der Waals surface area contributed by atoms with E-state index in [1.54, 1.807) is 36.5 Å². The molecule has 5 nitrogen and oxygen atoms in total. The van der Waals surface area contributed by atoms with Crippen molar-refractivity contribution in [2.45, 2.75) is 0 Å². The second kappa shape index (κ2) is 7.57. The van der Waals surface area contributed by atoms with E-state index in [1.165, 1.54) is 18.2 Å². The third kappa shape index (κ3) is 3.97. The van der Waals surface area contributed by atoms with Gasteiger partial charge in [0.1, 0.15) is 17.4 Å². The second-order valence-electron chi connectivity index (χ2n) is 6.18. The van der Waals surface area contributed by atoms with E-state index in [4.69, 9.17) is 4.74 Å². The molecule has 27 heavy (non-hydrogen) atoms.